The molecule has 0 aromatic carbocycles. The van der Waals surface area contributed by atoms with Crippen molar-refractivity contribution in [2.75, 3.05) is 20.1 Å². The summed E-state index contributed by atoms with van der Waals surface area (Å²) < 4.78 is 1.20. The van der Waals surface area contributed by atoms with E-state index < -0.39 is 0 Å². The lowest BCUT2D eigenvalue weighted by atomic mass is 9.84. The second-order valence-electron chi connectivity index (χ2n) is 6.50. The van der Waals surface area contributed by atoms with Crippen LogP contribution in [0.1, 0.15) is 45.4 Å². The quantitative estimate of drug-likeness (QED) is 0.683. The summed E-state index contributed by atoms with van der Waals surface area (Å²) in [4.78, 5) is 3.88. The van der Waals surface area contributed by atoms with Crippen molar-refractivity contribution in [1.82, 2.24) is 10.2 Å². The number of thiophene rings is 1. The minimum absolute atomic E-state index is 0.349. The lowest BCUT2D eigenvalue weighted by Crippen LogP contribution is -2.42. The zero-order chi connectivity index (χ0) is 15.2. The zero-order valence-electron chi connectivity index (χ0n) is 13.5. The summed E-state index contributed by atoms with van der Waals surface area (Å²) in [5.41, 5.74) is 0.349. The topological polar surface area (TPSA) is 15.3 Å². The minimum atomic E-state index is 0.349. The lowest BCUT2D eigenvalue weighted by molar-refractivity contribution is 0.166. The predicted octanol–water partition coefficient (Wildman–Crippen LogP) is 4.75. The molecule has 0 aliphatic heterocycles. The average molecular weight is 361 g/mol. The Bertz CT molecular complexity index is 392. The molecule has 0 spiro atoms. The van der Waals surface area contributed by atoms with Crippen molar-refractivity contribution in [3.05, 3.63) is 20.8 Å². The van der Waals surface area contributed by atoms with E-state index in [0.717, 1.165) is 19.6 Å². The Labute approximate surface area is 137 Å². The molecule has 1 rings (SSSR count). The van der Waals surface area contributed by atoms with Gasteiger partial charge in [0, 0.05) is 40.4 Å². The van der Waals surface area contributed by atoms with Crippen molar-refractivity contribution in [2.45, 2.75) is 53.1 Å². The van der Waals surface area contributed by atoms with Crippen LogP contribution in [0.3, 0.4) is 0 Å². The first-order chi connectivity index (χ1) is 9.34. The largest absolute Gasteiger partial charge is 0.314 e. The van der Waals surface area contributed by atoms with Gasteiger partial charge in [0.15, 0.2) is 0 Å². The number of hydrogen-bond donors (Lipinski definition) is 1. The van der Waals surface area contributed by atoms with E-state index in [0.29, 0.717) is 11.5 Å². The van der Waals surface area contributed by atoms with E-state index in [4.69, 9.17) is 0 Å². The predicted molar refractivity (Wildman–Crippen MR) is 94.5 cm³/mol. The van der Waals surface area contributed by atoms with E-state index in [1.165, 1.54) is 22.2 Å². The van der Waals surface area contributed by atoms with Crippen LogP contribution in [-0.2, 0) is 6.54 Å². The lowest BCUT2D eigenvalue weighted by Gasteiger charge is -2.34. The van der Waals surface area contributed by atoms with Gasteiger partial charge in [-0.1, -0.05) is 34.1 Å². The number of rotatable bonds is 9. The van der Waals surface area contributed by atoms with Crippen molar-refractivity contribution in [3.8, 4) is 0 Å². The highest BCUT2D eigenvalue weighted by Crippen LogP contribution is 2.26. The van der Waals surface area contributed by atoms with Crippen LogP contribution in [0.2, 0.25) is 0 Å². The van der Waals surface area contributed by atoms with Crippen molar-refractivity contribution in [3.63, 3.8) is 0 Å². The molecule has 0 fully saturated rings. The molecule has 4 heteroatoms. The maximum atomic E-state index is 3.61. The third kappa shape index (κ3) is 6.70. The Balaban J connectivity index is 2.54. The molecule has 20 heavy (non-hydrogen) atoms. The average Bonchev–Trinajstić information content (AvgIpc) is 2.72. The fraction of sp³-hybridized carbons (Fsp3) is 0.750. The molecule has 1 N–H and O–H groups in total. The van der Waals surface area contributed by atoms with Crippen molar-refractivity contribution in [2.24, 2.45) is 5.41 Å². The number of halogens is 1. The first-order valence-corrected chi connectivity index (χ1v) is 9.17. The van der Waals surface area contributed by atoms with E-state index in [-0.39, 0.29) is 0 Å². The molecule has 0 saturated carbocycles. The first-order valence-electron chi connectivity index (χ1n) is 7.49. The normalized spacial score (nSPS) is 15.0. The molecule has 0 saturated heterocycles. The van der Waals surface area contributed by atoms with Crippen LogP contribution in [0.4, 0.5) is 0 Å². The van der Waals surface area contributed by atoms with Crippen molar-refractivity contribution < 1.29 is 0 Å². The van der Waals surface area contributed by atoms with Crippen LogP contribution in [0.5, 0.6) is 0 Å². The van der Waals surface area contributed by atoms with Gasteiger partial charge in [-0.3, -0.25) is 0 Å². The highest BCUT2D eigenvalue weighted by atomic mass is 79.9. The molecule has 0 aliphatic rings. The molecule has 0 aliphatic carbocycles. The summed E-state index contributed by atoms with van der Waals surface area (Å²) >= 11 is 5.36. The third-order valence-corrected chi connectivity index (χ3v) is 5.17. The van der Waals surface area contributed by atoms with Gasteiger partial charge < -0.3 is 10.2 Å². The molecule has 116 valence electrons. The summed E-state index contributed by atoms with van der Waals surface area (Å²) in [5.74, 6) is 0. The number of nitrogens with zero attached hydrogens (tertiary/aromatic N) is 1. The number of nitrogens with one attached hydrogen (secondary N) is 1. The Morgan fingerprint density at radius 2 is 2.15 bits per heavy atom. The maximum Gasteiger partial charge on any atom is 0.0325 e. The van der Waals surface area contributed by atoms with Gasteiger partial charge in [0.05, 0.1) is 0 Å². The van der Waals surface area contributed by atoms with Crippen LogP contribution in [0, 0.1) is 5.41 Å². The van der Waals surface area contributed by atoms with Gasteiger partial charge >= 0.3 is 0 Å². The second kappa shape index (κ2) is 8.52. The Morgan fingerprint density at radius 1 is 1.45 bits per heavy atom. The molecular weight excluding hydrogens is 332 g/mol. The van der Waals surface area contributed by atoms with Crippen LogP contribution in [0.25, 0.3) is 0 Å². The van der Waals surface area contributed by atoms with E-state index >= 15 is 0 Å². The highest BCUT2D eigenvalue weighted by molar-refractivity contribution is 9.10. The summed E-state index contributed by atoms with van der Waals surface area (Å²) in [6.45, 7) is 12.4. The van der Waals surface area contributed by atoms with E-state index in [9.17, 15) is 0 Å². The van der Waals surface area contributed by atoms with Crippen molar-refractivity contribution >= 4 is 27.3 Å². The fourth-order valence-electron chi connectivity index (χ4n) is 2.69. The summed E-state index contributed by atoms with van der Waals surface area (Å²) in [6.07, 6.45) is 2.51. The molecule has 0 amide bonds. The molecule has 2 nitrogen and oxygen atoms in total. The summed E-state index contributed by atoms with van der Waals surface area (Å²) in [5, 5.41) is 5.77. The number of hydrogen-bond acceptors (Lipinski definition) is 3. The molecule has 1 atom stereocenters. The highest BCUT2D eigenvalue weighted by Gasteiger charge is 2.25. The Hall–Kier alpha value is 0.1000. The molecule has 0 bridgehead atoms. The Morgan fingerprint density at radius 3 is 2.65 bits per heavy atom. The van der Waals surface area contributed by atoms with E-state index in [2.05, 4.69) is 72.3 Å². The summed E-state index contributed by atoms with van der Waals surface area (Å²) in [7, 11) is 2.23. The molecule has 1 unspecified atom stereocenters. The maximum absolute atomic E-state index is 3.61. The van der Waals surface area contributed by atoms with E-state index in [1.807, 2.05) is 11.3 Å². The standard InChI is InChI=1S/C16H29BrN2S/c1-6-7-16(4,11-18-13(2)3)12-19(5)9-15-8-14(17)10-20-15/h8,10,13,18H,6-7,9,11-12H2,1-5H3. The smallest absolute Gasteiger partial charge is 0.0325 e. The van der Waals surface area contributed by atoms with Gasteiger partial charge in [0.2, 0.25) is 0 Å². The van der Waals surface area contributed by atoms with Crippen LogP contribution < -0.4 is 5.32 Å². The van der Waals surface area contributed by atoms with Gasteiger partial charge in [0.25, 0.3) is 0 Å². The monoisotopic (exact) mass is 360 g/mol. The SMILES string of the molecule is CCCC(C)(CNC(C)C)CN(C)Cc1cc(Br)cs1. The van der Waals surface area contributed by atoms with Gasteiger partial charge in [-0.15, -0.1) is 11.3 Å². The molecule has 0 radical (unpaired) electrons. The van der Waals surface area contributed by atoms with Crippen LogP contribution in [-0.4, -0.2) is 31.1 Å². The fourth-order valence-corrected chi connectivity index (χ4v) is 4.22. The van der Waals surface area contributed by atoms with Gasteiger partial charge in [-0.2, -0.15) is 0 Å². The van der Waals surface area contributed by atoms with Crippen molar-refractivity contribution in [1.29, 1.82) is 0 Å². The summed E-state index contributed by atoms with van der Waals surface area (Å²) in [6, 6.07) is 2.79. The second-order valence-corrected chi connectivity index (χ2v) is 8.41. The third-order valence-electron chi connectivity index (χ3n) is 3.49. The van der Waals surface area contributed by atoms with Gasteiger partial charge in [0.1, 0.15) is 0 Å². The molecule has 1 aromatic heterocycles. The molecule has 1 aromatic rings. The van der Waals surface area contributed by atoms with Gasteiger partial charge in [-0.25, -0.2) is 0 Å². The zero-order valence-corrected chi connectivity index (χ0v) is 15.9. The molecular formula is C16H29BrN2S. The van der Waals surface area contributed by atoms with Crippen LogP contribution >= 0.6 is 27.3 Å². The van der Waals surface area contributed by atoms with Gasteiger partial charge in [-0.05, 0) is 40.9 Å². The minimum Gasteiger partial charge on any atom is -0.314 e. The first kappa shape index (κ1) is 18.1. The van der Waals surface area contributed by atoms with Crippen LogP contribution in [0.15, 0.2) is 15.9 Å². The van der Waals surface area contributed by atoms with E-state index in [1.54, 1.807) is 0 Å². The molecule has 1 heterocycles. The Kier molecular flexibility index (Phi) is 7.73.